The van der Waals surface area contributed by atoms with Gasteiger partial charge in [0.1, 0.15) is 5.69 Å². The maximum Gasteiger partial charge on any atom is 0.303 e. The van der Waals surface area contributed by atoms with Gasteiger partial charge in [0.05, 0.1) is 14.2 Å². The first-order valence-electron chi connectivity index (χ1n) is 11.3. The minimum Gasteiger partial charge on any atom is -0.493 e. The molecule has 1 aromatic heterocycles. The second kappa shape index (κ2) is 9.68. The summed E-state index contributed by atoms with van der Waals surface area (Å²) < 4.78 is 12.8. The van der Waals surface area contributed by atoms with Crippen LogP contribution < -0.4 is 9.47 Å². The van der Waals surface area contributed by atoms with E-state index in [4.69, 9.17) is 14.5 Å². The van der Waals surface area contributed by atoms with Gasteiger partial charge in [-0.3, -0.25) is 14.6 Å². The molecule has 8 heteroatoms. The number of ether oxygens (including phenoxy) is 2. The Kier molecular flexibility index (Phi) is 6.72. The number of aliphatic imine (C=N–C) groups is 1. The predicted octanol–water partition coefficient (Wildman–Crippen LogP) is 3.03. The number of hydrogen-bond donors (Lipinski definition) is 1. The van der Waals surface area contributed by atoms with Gasteiger partial charge in [0.2, 0.25) is 0 Å². The third-order valence-electron chi connectivity index (χ3n) is 6.84. The van der Waals surface area contributed by atoms with Crippen LogP contribution in [0, 0.1) is 11.8 Å². The van der Waals surface area contributed by atoms with Crippen LogP contribution in [0.2, 0.25) is 0 Å². The zero-order valence-electron chi connectivity index (χ0n) is 19.4. The number of benzene rings is 1. The number of methoxy groups -OCH3 is 2. The Morgan fingerprint density at radius 1 is 1.18 bits per heavy atom. The molecule has 2 aliphatic rings. The van der Waals surface area contributed by atoms with E-state index in [9.17, 15) is 14.7 Å². The second-order valence-electron chi connectivity index (χ2n) is 8.81. The molecule has 0 unspecified atom stereocenters. The summed E-state index contributed by atoms with van der Waals surface area (Å²) in [6.07, 6.45) is 4.07. The lowest BCUT2D eigenvalue weighted by molar-refractivity contribution is -0.138. The van der Waals surface area contributed by atoms with Crippen molar-refractivity contribution in [2.24, 2.45) is 23.9 Å². The van der Waals surface area contributed by atoms with Crippen LogP contribution in [-0.4, -0.2) is 66.0 Å². The molecule has 176 valence electrons. The first kappa shape index (κ1) is 22.9. The third kappa shape index (κ3) is 4.74. The van der Waals surface area contributed by atoms with E-state index in [1.165, 1.54) is 0 Å². The molecule has 2 atom stereocenters. The number of carbonyl (C=O) groups is 2. The molecule has 1 aromatic carbocycles. The van der Waals surface area contributed by atoms with Gasteiger partial charge in [0, 0.05) is 50.6 Å². The highest BCUT2D eigenvalue weighted by Crippen LogP contribution is 2.36. The summed E-state index contributed by atoms with van der Waals surface area (Å²) in [5.41, 5.74) is 3.77. The minimum absolute atomic E-state index is 0.00631. The topological polar surface area (TPSA) is 93.4 Å². The molecule has 0 saturated carbocycles. The molecule has 2 aliphatic heterocycles. The summed E-state index contributed by atoms with van der Waals surface area (Å²) in [6, 6.07) is 7.65. The van der Waals surface area contributed by atoms with Gasteiger partial charge >= 0.3 is 5.97 Å². The number of nitrogens with zero attached hydrogens (tertiary/aromatic N) is 3. The number of aryl methyl sites for hydroxylation is 1. The number of hydrogen-bond acceptors (Lipinski definition) is 5. The summed E-state index contributed by atoms with van der Waals surface area (Å²) in [4.78, 5) is 31.4. The highest BCUT2D eigenvalue weighted by molar-refractivity contribution is 6.03. The van der Waals surface area contributed by atoms with Gasteiger partial charge in [0.15, 0.2) is 11.5 Å². The fourth-order valence-corrected chi connectivity index (χ4v) is 5.05. The molecule has 8 nitrogen and oxygen atoms in total. The van der Waals surface area contributed by atoms with Crippen molar-refractivity contribution in [1.82, 2.24) is 9.47 Å². The summed E-state index contributed by atoms with van der Waals surface area (Å²) in [5, 5.41) is 9.49. The molecular weight excluding hydrogens is 422 g/mol. The smallest absolute Gasteiger partial charge is 0.303 e. The van der Waals surface area contributed by atoms with Crippen molar-refractivity contribution < 1.29 is 24.2 Å². The first-order chi connectivity index (χ1) is 15.9. The molecule has 4 rings (SSSR count). The summed E-state index contributed by atoms with van der Waals surface area (Å²) in [6.45, 7) is 1.76. The number of carboxylic acid groups (broad SMARTS) is 1. The van der Waals surface area contributed by atoms with Crippen LogP contribution in [0.5, 0.6) is 11.5 Å². The maximum atomic E-state index is 13.1. The van der Waals surface area contributed by atoms with E-state index < -0.39 is 5.97 Å². The molecule has 0 spiro atoms. The lowest BCUT2D eigenvalue weighted by Gasteiger charge is -2.39. The number of aromatic nitrogens is 1. The van der Waals surface area contributed by atoms with E-state index in [1.807, 2.05) is 47.0 Å². The Hall–Kier alpha value is -3.29. The van der Waals surface area contributed by atoms with Gasteiger partial charge in [-0.15, -0.1) is 0 Å². The van der Waals surface area contributed by atoms with Gasteiger partial charge in [0.25, 0.3) is 5.91 Å². The number of carbonyl (C=O) groups excluding carboxylic acids is 1. The average molecular weight is 454 g/mol. The molecular formula is C25H31N3O5. The highest BCUT2D eigenvalue weighted by Gasteiger charge is 2.35. The van der Waals surface area contributed by atoms with E-state index in [-0.39, 0.29) is 24.2 Å². The molecule has 1 saturated heterocycles. The predicted molar refractivity (Wildman–Crippen MR) is 124 cm³/mol. The lowest BCUT2D eigenvalue weighted by atomic mass is 9.78. The van der Waals surface area contributed by atoms with Crippen LogP contribution in [0.3, 0.4) is 0 Å². The number of likely N-dealkylation sites (tertiary alicyclic amines) is 1. The van der Waals surface area contributed by atoms with E-state index >= 15 is 0 Å². The summed E-state index contributed by atoms with van der Waals surface area (Å²) >= 11 is 0. The Bertz CT molecular complexity index is 1070. The van der Waals surface area contributed by atoms with Crippen molar-refractivity contribution in [3.05, 3.63) is 47.3 Å². The van der Waals surface area contributed by atoms with Crippen LogP contribution in [0.1, 0.15) is 40.9 Å². The van der Waals surface area contributed by atoms with Crippen molar-refractivity contribution in [1.29, 1.82) is 0 Å². The van der Waals surface area contributed by atoms with E-state index in [2.05, 4.69) is 0 Å². The molecule has 1 amide bonds. The fraction of sp³-hybridized carbons (Fsp3) is 0.480. The van der Waals surface area contributed by atoms with Crippen LogP contribution in [0.4, 0.5) is 0 Å². The standard InChI is InChI=1S/C25H31N3O5/c1-27-9-4-5-21(27)25(31)28-10-7-16(13-24(29)30)18(15-28)11-20-19-14-23(33-3)22(32-2)12-17(19)6-8-26-20/h4-5,9,12,14,16,18H,6-8,10-11,13,15H2,1-3H3,(H,29,30)/t16-,18-/m0/s1. The average Bonchev–Trinajstić information content (AvgIpc) is 3.24. The van der Waals surface area contributed by atoms with E-state index in [0.29, 0.717) is 49.7 Å². The number of aliphatic carboxylic acids is 1. The number of piperidine rings is 1. The van der Waals surface area contributed by atoms with Crippen molar-refractivity contribution in [3.63, 3.8) is 0 Å². The van der Waals surface area contributed by atoms with Crippen LogP contribution >= 0.6 is 0 Å². The largest absolute Gasteiger partial charge is 0.493 e. The Labute approximate surface area is 193 Å². The molecule has 33 heavy (non-hydrogen) atoms. The van der Waals surface area contributed by atoms with E-state index in [1.54, 1.807) is 14.2 Å². The SMILES string of the molecule is COc1cc2c(cc1OC)C(C[C@H]1CN(C(=O)c3cccn3C)CC[C@H]1CC(=O)O)=NCC2. The van der Waals surface area contributed by atoms with Gasteiger partial charge in [-0.05, 0) is 60.9 Å². The van der Waals surface area contributed by atoms with Gasteiger partial charge < -0.3 is 24.0 Å². The first-order valence-corrected chi connectivity index (χ1v) is 11.3. The van der Waals surface area contributed by atoms with Gasteiger partial charge in [-0.25, -0.2) is 0 Å². The Morgan fingerprint density at radius 3 is 2.61 bits per heavy atom. The molecule has 0 bridgehead atoms. The monoisotopic (exact) mass is 453 g/mol. The van der Waals surface area contributed by atoms with Crippen molar-refractivity contribution >= 4 is 17.6 Å². The number of amides is 1. The quantitative estimate of drug-likeness (QED) is 0.696. The molecule has 1 N–H and O–H groups in total. The van der Waals surface area contributed by atoms with Gasteiger partial charge in [-0.1, -0.05) is 0 Å². The molecule has 3 heterocycles. The molecule has 0 aliphatic carbocycles. The maximum absolute atomic E-state index is 13.1. The van der Waals surface area contributed by atoms with Crippen LogP contribution in [0.15, 0.2) is 35.5 Å². The summed E-state index contributed by atoms with van der Waals surface area (Å²) in [5.74, 6) is 0.531. The molecule has 2 aromatic rings. The Morgan fingerprint density at radius 2 is 1.94 bits per heavy atom. The lowest BCUT2D eigenvalue weighted by Crippen LogP contribution is -2.45. The molecule has 0 radical (unpaired) electrons. The van der Waals surface area contributed by atoms with Crippen LogP contribution in [0.25, 0.3) is 0 Å². The minimum atomic E-state index is -0.801. The normalized spacial score (nSPS) is 20.1. The third-order valence-corrected chi connectivity index (χ3v) is 6.84. The molecule has 1 fully saturated rings. The number of fused-ring (bicyclic) bond motifs is 1. The number of rotatable bonds is 7. The highest BCUT2D eigenvalue weighted by atomic mass is 16.5. The van der Waals surface area contributed by atoms with Crippen LogP contribution in [-0.2, 0) is 18.3 Å². The second-order valence-corrected chi connectivity index (χ2v) is 8.81. The number of carboxylic acids is 1. The Balaban J connectivity index is 1.59. The van der Waals surface area contributed by atoms with Crippen molar-refractivity contribution in [3.8, 4) is 11.5 Å². The van der Waals surface area contributed by atoms with Crippen molar-refractivity contribution in [2.75, 3.05) is 33.9 Å². The van der Waals surface area contributed by atoms with E-state index in [0.717, 1.165) is 23.3 Å². The zero-order valence-corrected chi connectivity index (χ0v) is 19.4. The van der Waals surface area contributed by atoms with Crippen molar-refractivity contribution in [2.45, 2.75) is 25.7 Å². The fourth-order valence-electron chi connectivity index (χ4n) is 5.05. The zero-order chi connectivity index (χ0) is 23.5. The van der Waals surface area contributed by atoms with Gasteiger partial charge in [-0.2, -0.15) is 0 Å². The summed E-state index contributed by atoms with van der Waals surface area (Å²) in [7, 11) is 5.09.